The zero-order valence-electron chi connectivity index (χ0n) is 26.7. The zero-order valence-corrected chi connectivity index (χ0v) is 28.4. The van der Waals surface area contributed by atoms with Crippen molar-refractivity contribution in [2.75, 3.05) is 0 Å². The number of fused-ring (bicyclic) bond motifs is 6. The highest BCUT2D eigenvalue weighted by Gasteiger charge is 2.17. The first-order valence-electron chi connectivity index (χ1n) is 16.6. The zero-order chi connectivity index (χ0) is 33.0. The quantitative estimate of drug-likeness (QED) is 0.182. The molecule has 0 bridgehead atoms. The van der Waals surface area contributed by atoms with Gasteiger partial charge in [0.1, 0.15) is 0 Å². The van der Waals surface area contributed by atoms with Gasteiger partial charge >= 0.3 is 0 Å². The van der Waals surface area contributed by atoms with E-state index in [-0.39, 0.29) is 0 Å². The summed E-state index contributed by atoms with van der Waals surface area (Å²) in [5.74, 6) is 1.98. The van der Waals surface area contributed by atoms with Crippen LogP contribution in [0.2, 0.25) is 0 Å². The molecule has 0 fully saturated rings. The van der Waals surface area contributed by atoms with Crippen molar-refractivity contribution in [1.82, 2.24) is 15.0 Å². The highest BCUT2D eigenvalue weighted by Crippen LogP contribution is 2.45. The first kappa shape index (κ1) is 29.0. The van der Waals surface area contributed by atoms with E-state index in [2.05, 4.69) is 140 Å². The number of hydrogen-bond donors (Lipinski definition) is 0. The van der Waals surface area contributed by atoms with E-state index in [9.17, 15) is 0 Å². The molecule has 0 saturated carbocycles. The summed E-state index contributed by atoms with van der Waals surface area (Å²) in [4.78, 5) is 15.1. The minimum Gasteiger partial charge on any atom is -0.208 e. The molecule has 0 saturated heterocycles. The fourth-order valence-corrected chi connectivity index (χ4v) is 9.40. The van der Waals surface area contributed by atoms with Crippen LogP contribution in [0.3, 0.4) is 0 Å². The summed E-state index contributed by atoms with van der Waals surface area (Å²) < 4.78 is 5.16. The summed E-state index contributed by atoms with van der Waals surface area (Å²) in [6.07, 6.45) is 0. The summed E-state index contributed by atoms with van der Waals surface area (Å²) in [5, 5.41) is 5.15. The maximum Gasteiger partial charge on any atom is 0.164 e. The molecular weight excluding hydrogens is 647 g/mol. The lowest BCUT2D eigenvalue weighted by Gasteiger charge is -2.09. The molecule has 0 amide bonds. The molecule has 3 heterocycles. The highest BCUT2D eigenvalue weighted by molar-refractivity contribution is 7.27. The summed E-state index contributed by atoms with van der Waals surface area (Å²) >= 11 is 3.72. The number of thiophene rings is 2. The van der Waals surface area contributed by atoms with E-state index in [1.165, 1.54) is 57.0 Å². The van der Waals surface area contributed by atoms with Crippen molar-refractivity contribution in [2.45, 2.75) is 0 Å². The van der Waals surface area contributed by atoms with Crippen LogP contribution in [0.5, 0.6) is 0 Å². The molecule has 10 aromatic rings. The molecule has 0 aliphatic rings. The highest BCUT2D eigenvalue weighted by atomic mass is 32.1. The van der Waals surface area contributed by atoms with Crippen LogP contribution in [0.25, 0.3) is 96.8 Å². The Morgan fingerprint density at radius 2 is 0.740 bits per heavy atom. The van der Waals surface area contributed by atoms with E-state index in [1.807, 2.05) is 46.9 Å². The van der Waals surface area contributed by atoms with Crippen molar-refractivity contribution >= 4 is 63.0 Å². The van der Waals surface area contributed by atoms with E-state index in [0.29, 0.717) is 17.5 Å². The second-order valence-corrected chi connectivity index (χ2v) is 14.5. The molecule has 0 spiro atoms. The molecule has 0 unspecified atom stereocenters. The Labute approximate surface area is 296 Å². The first-order chi connectivity index (χ1) is 24.8. The molecule has 5 heteroatoms. The standard InChI is InChI=1S/C45H27N3S2/c1-3-11-28(12-4-1)29-21-23-31(24-22-29)44-46-43(30-13-5-2-6-14-30)47-45(48-44)32-25-26-34-36-17-10-19-38(42(36)50-40(34)27-32)37-18-9-16-35-33-15-7-8-20-39(33)49-41(35)37/h1-27H. The largest absolute Gasteiger partial charge is 0.208 e. The average molecular weight is 674 g/mol. The Kier molecular flexibility index (Phi) is 6.86. The van der Waals surface area contributed by atoms with Gasteiger partial charge in [-0.15, -0.1) is 22.7 Å². The van der Waals surface area contributed by atoms with Gasteiger partial charge in [0.2, 0.25) is 0 Å². The lowest BCUT2D eigenvalue weighted by atomic mass is 10.0. The lowest BCUT2D eigenvalue weighted by Crippen LogP contribution is -2.00. The number of benzene rings is 7. The summed E-state index contributed by atoms with van der Waals surface area (Å²) in [6, 6.07) is 57.8. The van der Waals surface area contributed by atoms with Crippen molar-refractivity contribution in [1.29, 1.82) is 0 Å². The number of hydrogen-bond acceptors (Lipinski definition) is 5. The number of rotatable bonds is 5. The van der Waals surface area contributed by atoms with Crippen molar-refractivity contribution in [3.05, 3.63) is 164 Å². The van der Waals surface area contributed by atoms with Crippen LogP contribution >= 0.6 is 22.7 Å². The molecule has 0 aliphatic heterocycles. The lowest BCUT2D eigenvalue weighted by molar-refractivity contribution is 1.07. The van der Waals surface area contributed by atoms with Gasteiger partial charge in [-0.1, -0.05) is 152 Å². The minimum absolute atomic E-state index is 0.656. The van der Waals surface area contributed by atoms with Crippen LogP contribution in [0.15, 0.2) is 164 Å². The summed E-state index contributed by atoms with van der Waals surface area (Å²) in [6.45, 7) is 0. The molecule has 50 heavy (non-hydrogen) atoms. The molecule has 3 aromatic heterocycles. The topological polar surface area (TPSA) is 38.7 Å². The molecule has 0 aliphatic carbocycles. The predicted molar refractivity (Wildman–Crippen MR) is 213 cm³/mol. The molecule has 0 radical (unpaired) electrons. The van der Waals surface area contributed by atoms with Crippen molar-refractivity contribution in [3.63, 3.8) is 0 Å². The smallest absolute Gasteiger partial charge is 0.164 e. The minimum atomic E-state index is 0.656. The third-order valence-electron chi connectivity index (χ3n) is 9.37. The normalized spacial score (nSPS) is 11.6. The Balaban J connectivity index is 1.11. The van der Waals surface area contributed by atoms with Gasteiger partial charge in [0.15, 0.2) is 17.5 Å². The third-order valence-corrected chi connectivity index (χ3v) is 11.8. The molecule has 0 atom stereocenters. The van der Waals surface area contributed by atoms with Gasteiger partial charge in [0.05, 0.1) is 0 Å². The predicted octanol–water partition coefficient (Wildman–Crippen LogP) is 12.9. The van der Waals surface area contributed by atoms with Gasteiger partial charge in [-0.05, 0) is 23.3 Å². The molecule has 0 N–H and O–H groups in total. The molecule has 10 rings (SSSR count). The van der Waals surface area contributed by atoms with Gasteiger partial charge in [-0.25, -0.2) is 15.0 Å². The van der Waals surface area contributed by atoms with Gasteiger partial charge < -0.3 is 0 Å². The molecule has 3 nitrogen and oxygen atoms in total. The van der Waals surface area contributed by atoms with E-state index in [1.54, 1.807) is 0 Å². The van der Waals surface area contributed by atoms with Gasteiger partial charge in [0, 0.05) is 68.2 Å². The van der Waals surface area contributed by atoms with Crippen molar-refractivity contribution < 1.29 is 0 Å². The summed E-state index contributed by atoms with van der Waals surface area (Å²) in [5.41, 5.74) is 7.78. The number of nitrogens with zero attached hydrogens (tertiary/aromatic N) is 3. The monoisotopic (exact) mass is 673 g/mol. The van der Waals surface area contributed by atoms with E-state index >= 15 is 0 Å². The average Bonchev–Trinajstić information content (AvgIpc) is 3.77. The Bertz CT molecular complexity index is 2850. The number of aromatic nitrogens is 3. The van der Waals surface area contributed by atoms with Gasteiger partial charge in [-0.2, -0.15) is 0 Å². The second kappa shape index (κ2) is 11.8. The SMILES string of the molecule is c1ccc(-c2ccc(-c3nc(-c4ccccc4)nc(-c4ccc5c(c4)sc4c(-c6cccc7c6sc6ccccc67)cccc45)n3)cc2)cc1. The van der Waals surface area contributed by atoms with Gasteiger partial charge in [0.25, 0.3) is 0 Å². The van der Waals surface area contributed by atoms with E-state index in [4.69, 9.17) is 15.0 Å². The van der Waals surface area contributed by atoms with E-state index < -0.39 is 0 Å². The van der Waals surface area contributed by atoms with Crippen molar-refractivity contribution in [3.8, 4) is 56.4 Å². The molecule has 7 aromatic carbocycles. The van der Waals surface area contributed by atoms with Crippen LogP contribution in [-0.2, 0) is 0 Å². The summed E-state index contributed by atoms with van der Waals surface area (Å²) in [7, 11) is 0. The van der Waals surface area contributed by atoms with Crippen LogP contribution in [-0.4, -0.2) is 15.0 Å². The Morgan fingerprint density at radius 3 is 1.40 bits per heavy atom. The van der Waals surface area contributed by atoms with Crippen LogP contribution < -0.4 is 0 Å². The second-order valence-electron chi connectivity index (χ2n) is 12.4. The van der Waals surface area contributed by atoms with E-state index in [0.717, 1.165) is 22.3 Å². The van der Waals surface area contributed by atoms with Crippen LogP contribution in [0, 0.1) is 0 Å². The fraction of sp³-hybridized carbons (Fsp3) is 0. The van der Waals surface area contributed by atoms with Crippen LogP contribution in [0.1, 0.15) is 0 Å². The van der Waals surface area contributed by atoms with Crippen molar-refractivity contribution in [2.24, 2.45) is 0 Å². The molecule has 234 valence electrons. The fourth-order valence-electron chi connectivity index (χ4n) is 6.90. The first-order valence-corrected chi connectivity index (χ1v) is 18.2. The Hall–Kier alpha value is -6.01. The maximum absolute atomic E-state index is 5.07. The third kappa shape index (κ3) is 4.90. The van der Waals surface area contributed by atoms with Gasteiger partial charge in [-0.3, -0.25) is 0 Å². The molecular formula is C45H27N3S2. The maximum atomic E-state index is 5.07. The Morgan fingerprint density at radius 1 is 0.300 bits per heavy atom. The van der Waals surface area contributed by atoms with Crippen LogP contribution in [0.4, 0.5) is 0 Å².